The molecule has 0 unspecified atom stereocenters. The third-order valence-corrected chi connectivity index (χ3v) is 4.50. The van der Waals surface area contributed by atoms with Gasteiger partial charge in [0.2, 0.25) is 5.22 Å². The average molecular weight is 414 g/mol. The number of aryl methyl sites for hydroxylation is 1. The van der Waals surface area contributed by atoms with E-state index in [0.29, 0.717) is 34.8 Å². The van der Waals surface area contributed by atoms with Gasteiger partial charge in [-0.25, -0.2) is 8.78 Å². The van der Waals surface area contributed by atoms with Crippen LogP contribution in [0.3, 0.4) is 0 Å². The fourth-order valence-electron chi connectivity index (χ4n) is 2.61. The highest BCUT2D eigenvalue weighted by atomic mass is 35.5. The lowest BCUT2D eigenvalue weighted by atomic mass is 10.1. The summed E-state index contributed by atoms with van der Waals surface area (Å²) in [7, 11) is 0. The maximum absolute atomic E-state index is 13.2. The summed E-state index contributed by atoms with van der Waals surface area (Å²) in [5.74, 6) is -2.30. The Morgan fingerprint density at radius 1 is 1.26 bits per heavy atom. The summed E-state index contributed by atoms with van der Waals surface area (Å²) in [4.78, 5) is 12.3. The van der Waals surface area contributed by atoms with Crippen molar-refractivity contribution in [2.45, 2.75) is 19.9 Å². The van der Waals surface area contributed by atoms with Gasteiger partial charge in [0.05, 0.1) is 22.5 Å². The van der Waals surface area contributed by atoms with Crippen LogP contribution in [-0.4, -0.2) is 22.2 Å². The molecule has 27 heavy (non-hydrogen) atoms. The molecule has 142 valence electrons. The Balaban J connectivity index is 1.69. The van der Waals surface area contributed by atoms with Crippen molar-refractivity contribution in [2.24, 2.45) is 0 Å². The number of furan rings is 1. The summed E-state index contributed by atoms with van der Waals surface area (Å²) >= 11 is 12.3. The van der Waals surface area contributed by atoms with Crippen LogP contribution in [0.15, 0.2) is 34.9 Å². The van der Waals surface area contributed by atoms with E-state index in [1.165, 1.54) is 18.3 Å². The van der Waals surface area contributed by atoms with Gasteiger partial charge in [0.25, 0.3) is 5.91 Å². The van der Waals surface area contributed by atoms with Crippen molar-refractivity contribution in [3.63, 3.8) is 0 Å². The minimum atomic E-state index is -0.925. The van der Waals surface area contributed by atoms with Gasteiger partial charge in [-0.3, -0.25) is 9.48 Å². The van der Waals surface area contributed by atoms with Crippen LogP contribution in [0.1, 0.15) is 23.0 Å². The molecule has 5 nitrogen and oxygen atoms in total. The number of halogens is 4. The quantitative estimate of drug-likeness (QED) is 0.635. The van der Waals surface area contributed by atoms with Crippen LogP contribution in [0.4, 0.5) is 8.78 Å². The second-order valence-electron chi connectivity index (χ2n) is 5.71. The van der Waals surface area contributed by atoms with Gasteiger partial charge >= 0.3 is 0 Å². The van der Waals surface area contributed by atoms with Crippen molar-refractivity contribution in [3.8, 4) is 11.3 Å². The zero-order chi connectivity index (χ0) is 19.6. The van der Waals surface area contributed by atoms with Crippen LogP contribution >= 0.6 is 23.2 Å². The first-order valence-electron chi connectivity index (χ1n) is 8.13. The molecule has 0 saturated carbocycles. The summed E-state index contributed by atoms with van der Waals surface area (Å²) in [5, 5.41) is 7.20. The van der Waals surface area contributed by atoms with Crippen molar-refractivity contribution >= 4 is 29.1 Å². The maximum Gasteiger partial charge on any atom is 0.287 e. The second-order valence-corrected chi connectivity index (χ2v) is 6.46. The number of hydrogen-bond donors (Lipinski definition) is 1. The van der Waals surface area contributed by atoms with Crippen molar-refractivity contribution < 1.29 is 18.0 Å². The standard InChI is InChI=1S/C18H15Cl2F2N3O2/c1-2-25-16(12(19)9-24-25)11-8-15(27-17(11)20)18(26)23-6-5-10-3-4-13(21)14(22)7-10/h3-4,7-9H,2,5-6H2,1H3,(H,23,26). The Bertz CT molecular complexity index is 985. The highest BCUT2D eigenvalue weighted by Gasteiger charge is 2.21. The predicted molar refractivity (Wildman–Crippen MR) is 98.0 cm³/mol. The average Bonchev–Trinajstić information content (AvgIpc) is 3.20. The molecular weight excluding hydrogens is 399 g/mol. The molecule has 2 heterocycles. The molecule has 0 saturated heterocycles. The Morgan fingerprint density at radius 2 is 2.04 bits per heavy atom. The minimum Gasteiger partial charge on any atom is -0.439 e. The molecule has 9 heteroatoms. The summed E-state index contributed by atoms with van der Waals surface area (Å²) in [6.45, 7) is 2.68. The van der Waals surface area contributed by atoms with E-state index in [1.807, 2.05) is 6.92 Å². The topological polar surface area (TPSA) is 60.1 Å². The highest BCUT2D eigenvalue weighted by molar-refractivity contribution is 6.35. The number of nitrogens with one attached hydrogen (secondary N) is 1. The summed E-state index contributed by atoms with van der Waals surface area (Å²) < 4.78 is 33.1. The van der Waals surface area contributed by atoms with Gasteiger partial charge in [-0.15, -0.1) is 0 Å². The van der Waals surface area contributed by atoms with Gasteiger partial charge in [0.1, 0.15) is 0 Å². The molecule has 0 spiro atoms. The number of amides is 1. The van der Waals surface area contributed by atoms with Crippen LogP contribution in [0.5, 0.6) is 0 Å². The van der Waals surface area contributed by atoms with Crippen LogP contribution in [0.2, 0.25) is 10.2 Å². The van der Waals surface area contributed by atoms with Crippen molar-refractivity contribution in [2.75, 3.05) is 6.54 Å². The molecule has 2 aromatic heterocycles. The summed E-state index contributed by atoms with van der Waals surface area (Å²) in [6, 6.07) is 5.09. The lowest BCUT2D eigenvalue weighted by Gasteiger charge is -2.04. The van der Waals surface area contributed by atoms with Crippen molar-refractivity contribution in [3.05, 3.63) is 63.7 Å². The molecule has 0 fully saturated rings. The monoisotopic (exact) mass is 413 g/mol. The molecule has 0 atom stereocenters. The van der Waals surface area contributed by atoms with E-state index in [0.717, 1.165) is 12.1 Å². The third-order valence-electron chi connectivity index (χ3n) is 3.94. The maximum atomic E-state index is 13.2. The predicted octanol–water partition coefficient (Wildman–Crippen LogP) is 4.72. The van der Waals surface area contributed by atoms with Crippen LogP contribution < -0.4 is 5.32 Å². The SMILES string of the molecule is CCn1ncc(Cl)c1-c1cc(C(=O)NCCc2ccc(F)c(F)c2)oc1Cl. The van der Waals surface area contributed by atoms with E-state index >= 15 is 0 Å². The zero-order valence-electron chi connectivity index (χ0n) is 14.2. The Labute approximate surface area is 163 Å². The normalized spacial score (nSPS) is 11.0. The lowest BCUT2D eigenvalue weighted by Crippen LogP contribution is -2.25. The lowest BCUT2D eigenvalue weighted by molar-refractivity contribution is 0.0926. The number of aromatic nitrogens is 2. The van der Waals surface area contributed by atoms with E-state index in [4.69, 9.17) is 27.6 Å². The van der Waals surface area contributed by atoms with E-state index in [-0.39, 0.29) is 17.5 Å². The van der Waals surface area contributed by atoms with Crippen LogP contribution in [-0.2, 0) is 13.0 Å². The first-order chi connectivity index (χ1) is 12.9. The highest BCUT2D eigenvalue weighted by Crippen LogP contribution is 2.35. The van der Waals surface area contributed by atoms with E-state index in [9.17, 15) is 13.6 Å². The largest absolute Gasteiger partial charge is 0.439 e. The van der Waals surface area contributed by atoms with E-state index < -0.39 is 17.5 Å². The number of rotatable bonds is 6. The molecule has 0 aliphatic carbocycles. The number of benzene rings is 1. The summed E-state index contributed by atoms with van der Waals surface area (Å²) in [5.41, 5.74) is 1.59. The van der Waals surface area contributed by atoms with Crippen LogP contribution in [0, 0.1) is 11.6 Å². The smallest absolute Gasteiger partial charge is 0.287 e. The molecule has 0 radical (unpaired) electrons. The van der Waals surface area contributed by atoms with Gasteiger partial charge in [-0.05, 0) is 42.6 Å². The number of nitrogens with zero attached hydrogens (tertiary/aromatic N) is 2. The Kier molecular flexibility index (Phi) is 5.82. The van der Waals surface area contributed by atoms with Gasteiger partial charge in [0, 0.05) is 19.2 Å². The fourth-order valence-corrected chi connectivity index (χ4v) is 3.08. The second kappa shape index (κ2) is 8.10. The number of hydrogen-bond acceptors (Lipinski definition) is 3. The van der Waals surface area contributed by atoms with Crippen molar-refractivity contribution in [1.29, 1.82) is 0 Å². The molecule has 0 aliphatic heterocycles. The van der Waals surface area contributed by atoms with E-state index in [2.05, 4.69) is 10.4 Å². The first kappa shape index (κ1) is 19.4. The molecule has 0 bridgehead atoms. The Morgan fingerprint density at radius 3 is 2.74 bits per heavy atom. The third kappa shape index (κ3) is 4.14. The molecule has 3 rings (SSSR count). The van der Waals surface area contributed by atoms with Crippen molar-refractivity contribution in [1.82, 2.24) is 15.1 Å². The molecular formula is C18H15Cl2F2N3O2. The fraction of sp³-hybridized carbons (Fsp3) is 0.222. The summed E-state index contributed by atoms with van der Waals surface area (Å²) in [6.07, 6.45) is 1.82. The first-order valence-corrected chi connectivity index (χ1v) is 8.89. The van der Waals surface area contributed by atoms with Gasteiger partial charge in [-0.1, -0.05) is 17.7 Å². The zero-order valence-corrected chi connectivity index (χ0v) is 15.7. The minimum absolute atomic E-state index is 0.0141. The van der Waals surface area contributed by atoms with Crippen LogP contribution in [0.25, 0.3) is 11.3 Å². The van der Waals surface area contributed by atoms with Gasteiger partial charge < -0.3 is 9.73 Å². The Hall–Kier alpha value is -2.38. The van der Waals surface area contributed by atoms with Gasteiger partial charge in [0.15, 0.2) is 17.4 Å². The molecule has 1 amide bonds. The molecule has 1 N–H and O–H groups in total. The number of carbonyl (C=O) groups is 1. The molecule has 1 aromatic carbocycles. The number of carbonyl (C=O) groups excluding carboxylic acids is 1. The molecule has 0 aliphatic rings. The molecule has 3 aromatic rings. The van der Waals surface area contributed by atoms with E-state index in [1.54, 1.807) is 4.68 Å². The van der Waals surface area contributed by atoms with Gasteiger partial charge in [-0.2, -0.15) is 5.10 Å².